The average molecular weight is 415 g/mol. The molecule has 2 aromatic heterocycles. The molecule has 6 nitrogen and oxygen atoms in total. The monoisotopic (exact) mass is 415 g/mol. The van der Waals surface area contributed by atoms with Crippen LogP contribution in [0.15, 0.2) is 30.3 Å². The van der Waals surface area contributed by atoms with Gasteiger partial charge in [-0.05, 0) is 56.4 Å². The van der Waals surface area contributed by atoms with Crippen molar-refractivity contribution in [3.63, 3.8) is 0 Å². The Labute approximate surface area is 171 Å². The van der Waals surface area contributed by atoms with Crippen molar-refractivity contribution in [2.75, 3.05) is 6.61 Å². The summed E-state index contributed by atoms with van der Waals surface area (Å²) in [5.74, 6) is -0.540. The molecule has 0 aliphatic heterocycles. The number of benzene rings is 1. The molecule has 4 rings (SSSR count). The molecule has 0 bridgehead atoms. The third-order valence-corrected chi connectivity index (χ3v) is 6.23. The summed E-state index contributed by atoms with van der Waals surface area (Å²) in [6.45, 7) is 4.03. The molecule has 1 aromatic carbocycles. The van der Waals surface area contributed by atoms with E-state index in [1.807, 2.05) is 13.8 Å². The number of rotatable bonds is 7. The normalized spacial score (nSPS) is 14.7. The van der Waals surface area contributed by atoms with Gasteiger partial charge in [0.15, 0.2) is 6.61 Å². The van der Waals surface area contributed by atoms with Crippen LogP contribution < -0.4 is 5.32 Å². The molecule has 1 aliphatic carbocycles. The van der Waals surface area contributed by atoms with Gasteiger partial charge in [0.1, 0.15) is 15.5 Å². The van der Waals surface area contributed by atoms with Gasteiger partial charge in [0.2, 0.25) is 0 Å². The number of nitrogens with one attached hydrogen (secondary N) is 1. The molecule has 1 fully saturated rings. The van der Waals surface area contributed by atoms with Crippen LogP contribution >= 0.6 is 11.3 Å². The van der Waals surface area contributed by atoms with Crippen molar-refractivity contribution in [3.05, 3.63) is 52.3 Å². The summed E-state index contributed by atoms with van der Waals surface area (Å²) in [5, 5.41) is 8.25. The lowest BCUT2D eigenvalue weighted by Crippen LogP contribution is -2.37. The second-order valence-electron chi connectivity index (χ2n) is 7.47. The van der Waals surface area contributed by atoms with Gasteiger partial charge in [-0.1, -0.05) is 12.1 Å². The number of thiophene rings is 1. The van der Waals surface area contributed by atoms with E-state index in [-0.39, 0.29) is 24.4 Å². The van der Waals surface area contributed by atoms with Crippen LogP contribution in [-0.4, -0.2) is 34.3 Å². The maximum Gasteiger partial charge on any atom is 0.348 e. The summed E-state index contributed by atoms with van der Waals surface area (Å²) < 4.78 is 20.1. The largest absolute Gasteiger partial charge is 0.451 e. The van der Waals surface area contributed by atoms with Gasteiger partial charge in [-0.15, -0.1) is 11.3 Å². The summed E-state index contributed by atoms with van der Waals surface area (Å²) in [6.07, 6.45) is 2.27. The van der Waals surface area contributed by atoms with Crippen LogP contribution in [0.1, 0.15) is 40.7 Å². The fourth-order valence-corrected chi connectivity index (χ4v) is 4.35. The van der Waals surface area contributed by atoms with Crippen molar-refractivity contribution >= 4 is 33.4 Å². The smallest absolute Gasteiger partial charge is 0.348 e. The van der Waals surface area contributed by atoms with E-state index in [0.717, 1.165) is 34.3 Å². The van der Waals surface area contributed by atoms with E-state index >= 15 is 0 Å². The van der Waals surface area contributed by atoms with Gasteiger partial charge in [-0.2, -0.15) is 5.10 Å². The zero-order valence-corrected chi connectivity index (χ0v) is 17.1. The molecule has 0 unspecified atom stereocenters. The molecular formula is C21H22FN3O3S. The van der Waals surface area contributed by atoms with E-state index in [2.05, 4.69) is 10.4 Å². The number of esters is 1. The van der Waals surface area contributed by atoms with Gasteiger partial charge in [0, 0.05) is 11.4 Å². The topological polar surface area (TPSA) is 73.2 Å². The fourth-order valence-electron chi connectivity index (χ4n) is 3.30. The zero-order chi connectivity index (χ0) is 20.5. The lowest BCUT2D eigenvalue weighted by atomic mass is 10.2. The standard InChI is InChI=1S/C21H22FN3O3S/c1-12(15-5-6-15)23-19(26)11-28-21(27)18-9-17-13(2)24-25(20(17)29-18)10-14-3-7-16(22)8-4-14/h3-4,7-9,12,15H,5-6,10-11H2,1-2H3,(H,23,26)/t12-/m1/s1. The van der Waals surface area contributed by atoms with Crippen molar-refractivity contribution in [3.8, 4) is 0 Å². The Morgan fingerprint density at radius 3 is 2.76 bits per heavy atom. The predicted octanol–water partition coefficient (Wildman–Crippen LogP) is 3.67. The number of ether oxygens (including phenoxy) is 1. The van der Waals surface area contributed by atoms with E-state index in [9.17, 15) is 14.0 Å². The number of carbonyl (C=O) groups excluding carboxylic acids is 2. The molecule has 1 atom stereocenters. The molecule has 3 aromatic rings. The Hall–Kier alpha value is -2.74. The average Bonchev–Trinajstić information content (AvgIpc) is 3.38. The number of hydrogen-bond acceptors (Lipinski definition) is 5. The summed E-state index contributed by atoms with van der Waals surface area (Å²) in [4.78, 5) is 25.6. The Bertz CT molecular complexity index is 1050. The first-order chi connectivity index (χ1) is 13.9. The molecule has 152 valence electrons. The zero-order valence-electron chi connectivity index (χ0n) is 16.3. The predicted molar refractivity (Wildman–Crippen MR) is 108 cm³/mol. The first-order valence-corrected chi connectivity index (χ1v) is 10.4. The first kappa shape index (κ1) is 19.6. The molecular weight excluding hydrogens is 393 g/mol. The maximum absolute atomic E-state index is 13.1. The van der Waals surface area contributed by atoms with Crippen LogP contribution in [0.2, 0.25) is 0 Å². The van der Waals surface area contributed by atoms with Gasteiger partial charge >= 0.3 is 5.97 Å². The van der Waals surface area contributed by atoms with Crippen LogP contribution in [0.5, 0.6) is 0 Å². The highest BCUT2D eigenvalue weighted by Crippen LogP contribution is 2.32. The van der Waals surface area contributed by atoms with Crippen LogP contribution in [0.4, 0.5) is 4.39 Å². The van der Waals surface area contributed by atoms with Crippen molar-refractivity contribution in [2.24, 2.45) is 5.92 Å². The third-order valence-electron chi connectivity index (χ3n) is 5.11. The summed E-state index contributed by atoms with van der Waals surface area (Å²) >= 11 is 1.28. The number of aromatic nitrogens is 2. The van der Waals surface area contributed by atoms with Crippen LogP contribution in [0.3, 0.4) is 0 Å². The van der Waals surface area contributed by atoms with E-state index in [1.54, 1.807) is 22.9 Å². The van der Waals surface area contributed by atoms with Gasteiger partial charge in [0.05, 0.1) is 12.2 Å². The minimum Gasteiger partial charge on any atom is -0.451 e. The van der Waals surface area contributed by atoms with Crippen molar-refractivity contribution < 1.29 is 18.7 Å². The molecule has 8 heteroatoms. The molecule has 0 saturated heterocycles. The van der Waals surface area contributed by atoms with Crippen molar-refractivity contribution in [1.82, 2.24) is 15.1 Å². The third kappa shape index (κ3) is 4.48. The maximum atomic E-state index is 13.1. The number of carbonyl (C=O) groups is 2. The number of amides is 1. The number of fused-ring (bicyclic) bond motifs is 1. The molecule has 29 heavy (non-hydrogen) atoms. The summed E-state index contributed by atoms with van der Waals surface area (Å²) in [6, 6.07) is 8.11. The highest BCUT2D eigenvalue weighted by molar-refractivity contribution is 7.20. The highest BCUT2D eigenvalue weighted by atomic mass is 32.1. The van der Waals surface area contributed by atoms with Crippen LogP contribution in [-0.2, 0) is 16.1 Å². The minimum atomic E-state index is -0.520. The SMILES string of the molecule is Cc1nn(Cc2ccc(F)cc2)c2sc(C(=O)OCC(=O)N[C@H](C)C3CC3)cc12. The fraction of sp³-hybridized carbons (Fsp3) is 0.381. The van der Waals surface area contributed by atoms with Crippen LogP contribution in [0.25, 0.3) is 10.2 Å². The van der Waals surface area contributed by atoms with Crippen molar-refractivity contribution in [1.29, 1.82) is 0 Å². The summed E-state index contributed by atoms with van der Waals surface area (Å²) in [7, 11) is 0. The Balaban J connectivity index is 1.43. The Kier molecular flexibility index (Phi) is 5.36. The van der Waals surface area contributed by atoms with E-state index in [1.165, 1.54) is 23.5 Å². The van der Waals surface area contributed by atoms with Gasteiger partial charge < -0.3 is 10.1 Å². The lowest BCUT2D eigenvalue weighted by Gasteiger charge is -2.12. The number of hydrogen-bond donors (Lipinski definition) is 1. The molecule has 0 radical (unpaired) electrons. The summed E-state index contributed by atoms with van der Waals surface area (Å²) in [5.41, 5.74) is 1.71. The van der Waals surface area contributed by atoms with Gasteiger partial charge in [-0.25, -0.2) is 9.18 Å². The van der Waals surface area contributed by atoms with Gasteiger partial charge in [0.25, 0.3) is 5.91 Å². The molecule has 0 spiro atoms. The number of halogens is 1. The second kappa shape index (κ2) is 7.94. The number of aryl methyl sites for hydroxylation is 1. The molecule has 1 N–H and O–H groups in total. The quantitative estimate of drug-likeness (QED) is 0.598. The van der Waals surface area contributed by atoms with Crippen molar-refractivity contribution in [2.45, 2.75) is 39.3 Å². The Morgan fingerprint density at radius 1 is 1.34 bits per heavy atom. The highest BCUT2D eigenvalue weighted by Gasteiger charge is 2.29. The molecule has 1 amide bonds. The second-order valence-corrected chi connectivity index (χ2v) is 8.50. The first-order valence-electron chi connectivity index (χ1n) is 9.58. The molecule has 1 aliphatic rings. The van der Waals surface area contributed by atoms with Crippen LogP contribution in [0, 0.1) is 18.7 Å². The minimum absolute atomic E-state index is 0.116. The van der Waals surface area contributed by atoms with Gasteiger partial charge in [-0.3, -0.25) is 9.48 Å². The Morgan fingerprint density at radius 2 is 2.07 bits per heavy atom. The van der Waals surface area contributed by atoms with E-state index < -0.39 is 5.97 Å². The molecule has 1 saturated carbocycles. The van der Waals surface area contributed by atoms with E-state index in [4.69, 9.17) is 4.74 Å². The molecule has 2 heterocycles. The number of nitrogens with zero attached hydrogens (tertiary/aromatic N) is 2. The van der Waals surface area contributed by atoms with E-state index in [0.29, 0.717) is 17.3 Å². The lowest BCUT2D eigenvalue weighted by molar-refractivity contribution is -0.124.